The van der Waals surface area contributed by atoms with Gasteiger partial charge in [-0.1, -0.05) is 54.6 Å². The lowest BCUT2D eigenvalue weighted by molar-refractivity contribution is -0.118. The highest BCUT2D eigenvalue weighted by Crippen LogP contribution is 2.32. The zero-order valence-corrected chi connectivity index (χ0v) is 18.2. The number of fused-ring (bicyclic) bond motifs is 2. The first-order valence-electron chi connectivity index (χ1n) is 11.1. The van der Waals surface area contributed by atoms with Gasteiger partial charge in [0.15, 0.2) is 0 Å². The number of benzene rings is 3. The summed E-state index contributed by atoms with van der Waals surface area (Å²) in [5.41, 5.74) is 3.52. The summed E-state index contributed by atoms with van der Waals surface area (Å²) in [6.07, 6.45) is 0. The Kier molecular flexibility index (Phi) is 5.95. The Morgan fingerprint density at radius 1 is 0.939 bits per heavy atom. The van der Waals surface area contributed by atoms with Crippen molar-refractivity contribution in [1.29, 1.82) is 0 Å². The summed E-state index contributed by atoms with van der Waals surface area (Å²) in [5.74, 6) is 0.551. The molecule has 0 aromatic heterocycles. The van der Waals surface area contributed by atoms with Crippen molar-refractivity contribution in [2.45, 2.75) is 6.04 Å². The monoisotopic (exact) mass is 442 g/mol. The average molecular weight is 443 g/mol. The number of nitrogens with one attached hydrogen (secondary N) is 2. The van der Waals surface area contributed by atoms with Crippen molar-refractivity contribution in [2.75, 3.05) is 43.4 Å². The summed E-state index contributed by atoms with van der Waals surface area (Å²) in [5, 5.41) is 5.96. The van der Waals surface area contributed by atoms with Crippen LogP contribution in [0.15, 0.2) is 78.9 Å². The number of hydrogen-bond acceptors (Lipinski definition) is 4. The molecule has 0 aliphatic carbocycles. The van der Waals surface area contributed by atoms with E-state index >= 15 is 0 Å². The highest BCUT2D eigenvalue weighted by atomic mass is 16.5. The number of carbonyl (C=O) groups excluding carboxylic acids is 2. The van der Waals surface area contributed by atoms with Gasteiger partial charge in [-0.25, -0.2) is 4.79 Å². The van der Waals surface area contributed by atoms with Crippen LogP contribution in [0.25, 0.3) is 11.1 Å². The van der Waals surface area contributed by atoms with Crippen molar-refractivity contribution >= 4 is 23.3 Å². The van der Waals surface area contributed by atoms with Crippen LogP contribution >= 0.6 is 0 Å². The van der Waals surface area contributed by atoms with E-state index in [9.17, 15) is 9.59 Å². The molecule has 2 aliphatic heterocycles. The van der Waals surface area contributed by atoms with Crippen LogP contribution in [0.1, 0.15) is 0 Å². The molecular weight excluding hydrogens is 416 g/mol. The molecule has 2 aliphatic rings. The molecule has 0 radical (unpaired) electrons. The minimum absolute atomic E-state index is 0.0780. The van der Waals surface area contributed by atoms with Crippen LogP contribution in [0.2, 0.25) is 0 Å². The third kappa shape index (κ3) is 4.83. The molecule has 7 nitrogen and oxygen atoms in total. The summed E-state index contributed by atoms with van der Waals surface area (Å²) in [7, 11) is 0. The number of urea groups is 1. The number of carbonyl (C=O) groups is 2. The van der Waals surface area contributed by atoms with Gasteiger partial charge in [0.05, 0.1) is 18.3 Å². The number of hydrogen-bond donors (Lipinski definition) is 2. The zero-order valence-electron chi connectivity index (χ0n) is 18.2. The molecule has 0 bridgehead atoms. The molecule has 0 unspecified atom stereocenters. The smallest absolute Gasteiger partial charge is 0.321 e. The molecule has 1 saturated heterocycles. The number of anilines is 2. The maximum Gasteiger partial charge on any atom is 0.321 e. The molecule has 3 aromatic rings. The SMILES string of the molecule is O=C1CN2CCN(C(=O)Nc3ccccc3)C[C@H]2COc2ccc(-c3ccccc3)cc2N1. The predicted molar refractivity (Wildman–Crippen MR) is 128 cm³/mol. The van der Waals surface area contributed by atoms with E-state index in [0.29, 0.717) is 37.7 Å². The number of para-hydroxylation sites is 1. The Morgan fingerprint density at radius 2 is 1.70 bits per heavy atom. The fourth-order valence-electron chi connectivity index (χ4n) is 4.29. The Morgan fingerprint density at radius 3 is 2.48 bits per heavy atom. The van der Waals surface area contributed by atoms with E-state index < -0.39 is 0 Å². The average Bonchev–Trinajstić information content (AvgIpc) is 2.91. The second-order valence-electron chi connectivity index (χ2n) is 8.30. The molecule has 2 heterocycles. The van der Waals surface area contributed by atoms with E-state index in [1.165, 1.54) is 0 Å². The number of amides is 3. The normalized spacial score (nSPS) is 18.5. The standard InChI is InChI=1S/C26H26N4O3/c31-25-17-29-13-14-30(26(32)27-21-9-5-2-6-10-21)16-22(29)18-33-24-12-11-20(15-23(24)28-25)19-7-3-1-4-8-19/h1-12,15,22H,13-14,16-18H2,(H,27,32)(H,28,31)/t22-/m0/s1. The summed E-state index contributed by atoms with van der Waals surface area (Å²) >= 11 is 0. The van der Waals surface area contributed by atoms with Gasteiger partial charge in [0.2, 0.25) is 5.91 Å². The molecule has 168 valence electrons. The fraction of sp³-hybridized carbons (Fsp3) is 0.231. The summed E-state index contributed by atoms with van der Waals surface area (Å²) in [6.45, 7) is 2.30. The number of nitrogens with zero attached hydrogens (tertiary/aromatic N) is 2. The first kappa shape index (κ1) is 21.0. The summed E-state index contributed by atoms with van der Waals surface area (Å²) in [6, 6.07) is 25.1. The van der Waals surface area contributed by atoms with Crippen LogP contribution in [0.4, 0.5) is 16.2 Å². The lowest BCUT2D eigenvalue weighted by atomic mass is 10.0. The van der Waals surface area contributed by atoms with Gasteiger partial charge >= 0.3 is 6.03 Å². The Bertz CT molecular complexity index is 1140. The van der Waals surface area contributed by atoms with Crippen LogP contribution in [-0.2, 0) is 4.79 Å². The van der Waals surface area contributed by atoms with Gasteiger partial charge < -0.3 is 20.3 Å². The Balaban J connectivity index is 1.31. The quantitative estimate of drug-likeness (QED) is 0.631. The first-order valence-corrected chi connectivity index (χ1v) is 11.1. The van der Waals surface area contributed by atoms with Gasteiger partial charge in [0.1, 0.15) is 12.4 Å². The second-order valence-corrected chi connectivity index (χ2v) is 8.30. The van der Waals surface area contributed by atoms with Crippen LogP contribution in [0.3, 0.4) is 0 Å². The molecule has 0 spiro atoms. The van der Waals surface area contributed by atoms with E-state index in [1.54, 1.807) is 4.90 Å². The molecule has 7 heteroatoms. The van der Waals surface area contributed by atoms with Gasteiger partial charge in [0, 0.05) is 25.3 Å². The third-order valence-corrected chi connectivity index (χ3v) is 6.06. The second kappa shape index (κ2) is 9.34. The van der Waals surface area contributed by atoms with Gasteiger partial charge in [-0.15, -0.1) is 0 Å². The van der Waals surface area contributed by atoms with Crippen molar-refractivity contribution in [3.8, 4) is 16.9 Å². The summed E-state index contributed by atoms with van der Waals surface area (Å²) < 4.78 is 6.15. The molecule has 1 atom stereocenters. The molecule has 3 aromatic carbocycles. The maximum absolute atomic E-state index is 12.8. The maximum atomic E-state index is 12.8. The van der Waals surface area contributed by atoms with E-state index in [4.69, 9.17) is 4.74 Å². The molecule has 2 N–H and O–H groups in total. The van der Waals surface area contributed by atoms with Gasteiger partial charge in [-0.2, -0.15) is 0 Å². The van der Waals surface area contributed by atoms with Crippen molar-refractivity contribution in [3.63, 3.8) is 0 Å². The summed E-state index contributed by atoms with van der Waals surface area (Å²) in [4.78, 5) is 29.5. The number of rotatable bonds is 2. The van der Waals surface area contributed by atoms with E-state index in [1.807, 2.05) is 78.9 Å². The van der Waals surface area contributed by atoms with Crippen molar-refractivity contribution in [2.24, 2.45) is 0 Å². The van der Waals surface area contributed by atoms with Gasteiger partial charge in [0.25, 0.3) is 0 Å². The minimum atomic E-state index is -0.141. The van der Waals surface area contributed by atoms with E-state index in [-0.39, 0.29) is 24.5 Å². The fourth-order valence-corrected chi connectivity index (χ4v) is 4.29. The van der Waals surface area contributed by atoms with E-state index in [0.717, 1.165) is 16.8 Å². The van der Waals surface area contributed by atoms with Crippen molar-refractivity contribution in [3.05, 3.63) is 78.9 Å². The van der Waals surface area contributed by atoms with Gasteiger partial charge in [-0.3, -0.25) is 9.69 Å². The highest BCUT2D eigenvalue weighted by Gasteiger charge is 2.32. The molecule has 33 heavy (non-hydrogen) atoms. The Hall–Kier alpha value is -3.84. The van der Waals surface area contributed by atoms with Crippen LogP contribution < -0.4 is 15.4 Å². The largest absolute Gasteiger partial charge is 0.490 e. The van der Waals surface area contributed by atoms with Crippen LogP contribution in [-0.4, -0.2) is 60.6 Å². The van der Waals surface area contributed by atoms with Crippen molar-refractivity contribution in [1.82, 2.24) is 9.80 Å². The van der Waals surface area contributed by atoms with Crippen molar-refractivity contribution < 1.29 is 14.3 Å². The lowest BCUT2D eigenvalue weighted by Crippen LogP contribution is -2.58. The van der Waals surface area contributed by atoms with Gasteiger partial charge in [-0.05, 0) is 35.4 Å². The van der Waals surface area contributed by atoms with Crippen LogP contribution in [0.5, 0.6) is 5.75 Å². The number of ether oxygens (including phenoxy) is 1. The Labute approximate surface area is 193 Å². The first-order chi connectivity index (χ1) is 16.2. The van der Waals surface area contributed by atoms with E-state index in [2.05, 4.69) is 15.5 Å². The molecule has 0 saturated carbocycles. The number of piperazine rings is 1. The molecule has 5 rings (SSSR count). The minimum Gasteiger partial charge on any atom is -0.490 e. The molecular formula is C26H26N4O3. The third-order valence-electron chi connectivity index (χ3n) is 6.06. The predicted octanol–water partition coefficient (Wildman–Crippen LogP) is 3.90. The zero-order chi connectivity index (χ0) is 22.6. The molecule has 3 amide bonds. The topological polar surface area (TPSA) is 73.9 Å². The highest BCUT2D eigenvalue weighted by molar-refractivity contribution is 5.95. The lowest BCUT2D eigenvalue weighted by Gasteiger charge is -2.40. The van der Waals surface area contributed by atoms with Crippen LogP contribution in [0, 0.1) is 0 Å². The molecule has 1 fully saturated rings.